The number of aromatic hydroxyl groups is 1. The third-order valence-corrected chi connectivity index (χ3v) is 7.50. The number of ketones is 1. The summed E-state index contributed by atoms with van der Waals surface area (Å²) in [5.41, 5.74) is 4.76. The molecule has 28 heavy (non-hydrogen) atoms. The average Bonchev–Trinajstić information content (AvgIpc) is 3.44. The molecule has 1 saturated heterocycles. The van der Waals surface area contributed by atoms with E-state index in [1.165, 1.54) is 18.9 Å². The van der Waals surface area contributed by atoms with Crippen LogP contribution in [0, 0.1) is 12.8 Å². The molecule has 0 spiro atoms. The summed E-state index contributed by atoms with van der Waals surface area (Å²) in [5.74, 6) is -0.0867. The lowest BCUT2D eigenvalue weighted by atomic mass is 9.52. The Bertz CT molecular complexity index is 834. The van der Waals surface area contributed by atoms with Crippen molar-refractivity contribution in [2.75, 3.05) is 13.1 Å². The third-order valence-electron chi connectivity index (χ3n) is 7.50. The van der Waals surface area contributed by atoms with Crippen LogP contribution >= 0.6 is 0 Å². The van der Waals surface area contributed by atoms with E-state index in [1.807, 2.05) is 13.8 Å². The van der Waals surface area contributed by atoms with Gasteiger partial charge in [-0.1, -0.05) is 6.07 Å². The van der Waals surface area contributed by atoms with Gasteiger partial charge >= 0.3 is 0 Å². The smallest absolute Gasteiger partial charge is 0.252 e. The number of rotatable bonds is 4. The number of hydrogen-bond acceptors (Lipinski definition) is 5. The number of benzene rings is 1. The van der Waals surface area contributed by atoms with Crippen LogP contribution in [0.15, 0.2) is 12.1 Å². The van der Waals surface area contributed by atoms with Gasteiger partial charge in [-0.15, -0.1) is 0 Å². The van der Waals surface area contributed by atoms with E-state index in [0.29, 0.717) is 30.7 Å². The normalized spacial score (nSPS) is 33.5. The Morgan fingerprint density at radius 1 is 1.32 bits per heavy atom. The van der Waals surface area contributed by atoms with Gasteiger partial charge < -0.3 is 15.9 Å². The summed E-state index contributed by atoms with van der Waals surface area (Å²) in [6, 6.07) is 3.14. The number of likely N-dealkylation sites (tertiary alicyclic amines) is 1. The van der Waals surface area contributed by atoms with Crippen molar-refractivity contribution in [3.05, 3.63) is 28.8 Å². The molecule has 1 aromatic rings. The van der Waals surface area contributed by atoms with Crippen molar-refractivity contribution >= 4 is 11.7 Å². The van der Waals surface area contributed by atoms with Gasteiger partial charge in [0.05, 0.1) is 11.2 Å². The second kappa shape index (κ2) is 6.56. The molecular weight excluding hydrogens is 356 g/mol. The molecule has 1 unspecified atom stereocenters. The van der Waals surface area contributed by atoms with Crippen LogP contribution in [0.25, 0.3) is 0 Å². The highest BCUT2D eigenvalue weighted by atomic mass is 16.3. The van der Waals surface area contributed by atoms with E-state index in [-0.39, 0.29) is 29.6 Å². The fraction of sp³-hybridized carbons (Fsp3) is 0.636. The van der Waals surface area contributed by atoms with Crippen LogP contribution < -0.4 is 5.73 Å². The summed E-state index contributed by atoms with van der Waals surface area (Å²) < 4.78 is 0. The molecule has 3 aliphatic rings. The first-order valence-corrected chi connectivity index (χ1v) is 10.3. The maximum Gasteiger partial charge on any atom is 0.252 e. The number of nitrogens with two attached hydrogens (primary N) is 1. The molecule has 1 amide bonds. The molecule has 0 aromatic heterocycles. The second-order valence-electron chi connectivity index (χ2n) is 9.10. The van der Waals surface area contributed by atoms with Crippen LogP contribution in [-0.4, -0.2) is 51.5 Å². The van der Waals surface area contributed by atoms with Gasteiger partial charge in [0.25, 0.3) is 5.91 Å². The monoisotopic (exact) mass is 386 g/mol. The fourth-order valence-electron chi connectivity index (χ4n) is 5.70. The number of primary amides is 1. The fourth-order valence-corrected chi connectivity index (χ4v) is 5.70. The molecule has 3 atom stereocenters. The van der Waals surface area contributed by atoms with Crippen LogP contribution in [0.2, 0.25) is 0 Å². The maximum atomic E-state index is 12.6. The summed E-state index contributed by atoms with van der Waals surface area (Å²) in [7, 11) is 0. The number of amides is 1. The number of aliphatic hydroxyl groups is 1. The highest BCUT2D eigenvalue weighted by Gasteiger charge is 2.62. The number of carbonyl (C=O) groups excluding carboxylic acids is 2. The number of piperidine rings is 1. The minimum Gasteiger partial charge on any atom is -0.507 e. The summed E-state index contributed by atoms with van der Waals surface area (Å²) in [4.78, 5) is 26.7. The van der Waals surface area contributed by atoms with Gasteiger partial charge in [0.15, 0.2) is 0 Å². The summed E-state index contributed by atoms with van der Waals surface area (Å²) in [6.07, 6.45) is 3.95. The number of nitrogens with zero attached hydrogens (tertiary/aromatic N) is 1. The molecule has 2 saturated carbocycles. The van der Waals surface area contributed by atoms with Gasteiger partial charge in [-0.25, -0.2) is 0 Å². The van der Waals surface area contributed by atoms with Gasteiger partial charge in [0, 0.05) is 36.4 Å². The van der Waals surface area contributed by atoms with Gasteiger partial charge in [-0.3, -0.25) is 14.5 Å². The molecule has 2 aliphatic carbocycles. The van der Waals surface area contributed by atoms with E-state index in [4.69, 9.17) is 5.73 Å². The number of Topliss-reactive ketones (excluding diaryl/α,β-unsaturated/α-hetero) is 1. The van der Waals surface area contributed by atoms with Gasteiger partial charge in [-0.05, 0) is 63.6 Å². The molecular formula is C22H30N2O4. The van der Waals surface area contributed by atoms with E-state index in [1.54, 1.807) is 6.07 Å². The molecule has 1 aliphatic heterocycles. The van der Waals surface area contributed by atoms with Crippen molar-refractivity contribution in [2.24, 2.45) is 11.7 Å². The molecule has 152 valence electrons. The summed E-state index contributed by atoms with van der Waals surface area (Å²) in [6.45, 7) is 5.62. The molecule has 3 fully saturated rings. The van der Waals surface area contributed by atoms with E-state index < -0.39 is 16.9 Å². The van der Waals surface area contributed by atoms with E-state index in [2.05, 4.69) is 4.90 Å². The third kappa shape index (κ3) is 2.77. The Balaban J connectivity index is 1.86. The first-order chi connectivity index (χ1) is 13.2. The van der Waals surface area contributed by atoms with Gasteiger partial charge in [0.1, 0.15) is 11.5 Å². The van der Waals surface area contributed by atoms with E-state index in [0.717, 1.165) is 18.7 Å². The van der Waals surface area contributed by atoms with Crippen molar-refractivity contribution in [3.63, 3.8) is 0 Å². The number of carbonyl (C=O) groups is 2. The van der Waals surface area contributed by atoms with Crippen LogP contribution in [-0.2, 0) is 10.2 Å². The zero-order valence-corrected chi connectivity index (χ0v) is 16.7. The lowest BCUT2D eigenvalue weighted by Gasteiger charge is -2.60. The standard InChI is InChI=1S/C22H30N2O4/c1-13-3-6-17(20(23)27)19(26)18(13)21-9-10-24(12-15-4-5-15)14(2)22(21,28)8-7-16(25)11-21/h3,6,14-15,26,28H,4-5,7-12H2,1-2H3,(H2,23,27)/t14-,21-,22?/m1/s1. The molecule has 6 nitrogen and oxygen atoms in total. The molecule has 4 rings (SSSR count). The highest BCUT2D eigenvalue weighted by molar-refractivity contribution is 5.96. The molecule has 1 heterocycles. The Labute approximate surface area is 165 Å². The average molecular weight is 386 g/mol. The van der Waals surface area contributed by atoms with Crippen molar-refractivity contribution < 1.29 is 19.8 Å². The van der Waals surface area contributed by atoms with Crippen LogP contribution in [0.5, 0.6) is 5.75 Å². The Morgan fingerprint density at radius 3 is 2.68 bits per heavy atom. The SMILES string of the molecule is Cc1ccc(C(N)=O)c(O)c1[C@]12CCN(CC3CC3)[C@H](C)C1(O)CCC(=O)C2. The van der Waals surface area contributed by atoms with Crippen LogP contribution in [0.3, 0.4) is 0 Å². The maximum absolute atomic E-state index is 12.6. The first kappa shape index (κ1) is 19.4. The minimum atomic E-state index is -1.15. The van der Waals surface area contributed by atoms with Crippen molar-refractivity contribution in [2.45, 2.75) is 69.4 Å². The Morgan fingerprint density at radius 2 is 2.04 bits per heavy atom. The van der Waals surface area contributed by atoms with Crippen molar-refractivity contribution in [1.29, 1.82) is 0 Å². The molecule has 0 radical (unpaired) electrons. The molecule has 6 heteroatoms. The predicted molar refractivity (Wildman–Crippen MR) is 105 cm³/mol. The van der Waals surface area contributed by atoms with Gasteiger partial charge in [-0.2, -0.15) is 0 Å². The zero-order chi connectivity index (χ0) is 20.3. The number of phenols is 1. The Hall–Kier alpha value is -1.92. The lowest BCUT2D eigenvalue weighted by Crippen LogP contribution is -2.70. The number of hydrogen-bond donors (Lipinski definition) is 3. The Kier molecular flexibility index (Phi) is 4.55. The van der Waals surface area contributed by atoms with Crippen LogP contribution in [0.4, 0.5) is 0 Å². The summed E-state index contributed by atoms with van der Waals surface area (Å²) in [5, 5.41) is 23.0. The first-order valence-electron chi connectivity index (χ1n) is 10.3. The molecule has 1 aromatic carbocycles. The number of fused-ring (bicyclic) bond motifs is 1. The minimum absolute atomic E-state index is 0.0448. The van der Waals surface area contributed by atoms with Gasteiger partial charge in [0.2, 0.25) is 0 Å². The number of aryl methyl sites for hydroxylation is 1. The van der Waals surface area contributed by atoms with Crippen LogP contribution in [0.1, 0.15) is 66.9 Å². The zero-order valence-electron chi connectivity index (χ0n) is 16.7. The van der Waals surface area contributed by atoms with Crippen molar-refractivity contribution in [3.8, 4) is 5.75 Å². The van der Waals surface area contributed by atoms with E-state index in [9.17, 15) is 19.8 Å². The van der Waals surface area contributed by atoms with Crippen molar-refractivity contribution in [1.82, 2.24) is 4.90 Å². The predicted octanol–water partition coefficient (Wildman–Crippen LogP) is 2.03. The topological polar surface area (TPSA) is 104 Å². The quantitative estimate of drug-likeness (QED) is 0.734. The largest absolute Gasteiger partial charge is 0.507 e. The molecule has 0 bridgehead atoms. The highest BCUT2D eigenvalue weighted by Crippen LogP contribution is 2.56. The lowest BCUT2D eigenvalue weighted by molar-refractivity contribution is -0.165. The summed E-state index contributed by atoms with van der Waals surface area (Å²) >= 11 is 0. The second-order valence-corrected chi connectivity index (χ2v) is 9.10. The van der Waals surface area contributed by atoms with E-state index >= 15 is 0 Å². The molecule has 4 N–H and O–H groups in total.